The molecule has 0 aromatic heterocycles. The van der Waals surface area contributed by atoms with Gasteiger partial charge in [0.15, 0.2) is 0 Å². The fourth-order valence-corrected chi connectivity index (χ4v) is 3.91. The SMILES string of the molecule is CCOC(=O)N1CCN(C(=O)C2CCN(Cc3ccc(OC)cc3)CC2)CC1.O=C(O)C(=O)O. The second-order valence-electron chi connectivity index (χ2n) is 8.02. The summed E-state index contributed by atoms with van der Waals surface area (Å²) in [6, 6.07) is 8.17. The fraction of sp³-hybridized carbons (Fsp3) is 0.565. The summed E-state index contributed by atoms with van der Waals surface area (Å²) in [4.78, 5) is 48.8. The molecule has 0 saturated carbocycles. The van der Waals surface area contributed by atoms with Crippen molar-refractivity contribution in [3.05, 3.63) is 29.8 Å². The van der Waals surface area contributed by atoms with E-state index >= 15 is 0 Å². The molecule has 3 rings (SSSR count). The summed E-state index contributed by atoms with van der Waals surface area (Å²) in [6.07, 6.45) is 1.52. The second kappa shape index (κ2) is 13.4. The number of methoxy groups -OCH3 is 1. The van der Waals surface area contributed by atoms with Crippen LogP contribution in [0.5, 0.6) is 5.75 Å². The number of likely N-dealkylation sites (tertiary alicyclic amines) is 1. The van der Waals surface area contributed by atoms with E-state index in [1.54, 1.807) is 18.9 Å². The van der Waals surface area contributed by atoms with Crippen LogP contribution < -0.4 is 4.74 Å². The van der Waals surface area contributed by atoms with Crippen molar-refractivity contribution in [2.24, 2.45) is 5.92 Å². The van der Waals surface area contributed by atoms with E-state index in [9.17, 15) is 9.59 Å². The quantitative estimate of drug-likeness (QED) is 0.600. The summed E-state index contributed by atoms with van der Waals surface area (Å²) in [6.45, 7) is 7.28. The molecule has 1 aromatic rings. The van der Waals surface area contributed by atoms with E-state index in [1.165, 1.54) is 5.56 Å². The molecule has 34 heavy (non-hydrogen) atoms. The van der Waals surface area contributed by atoms with Gasteiger partial charge in [0.25, 0.3) is 0 Å². The minimum atomic E-state index is -1.82. The topological polar surface area (TPSA) is 137 Å². The molecule has 0 unspecified atom stereocenters. The van der Waals surface area contributed by atoms with Crippen molar-refractivity contribution in [1.82, 2.24) is 14.7 Å². The number of carboxylic acids is 2. The van der Waals surface area contributed by atoms with Crippen LogP contribution in [0, 0.1) is 5.92 Å². The smallest absolute Gasteiger partial charge is 0.414 e. The highest BCUT2D eigenvalue weighted by atomic mass is 16.6. The Hall–Kier alpha value is -3.34. The Labute approximate surface area is 198 Å². The van der Waals surface area contributed by atoms with Crippen molar-refractivity contribution in [3.63, 3.8) is 0 Å². The lowest BCUT2D eigenvalue weighted by atomic mass is 9.94. The largest absolute Gasteiger partial charge is 0.497 e. The lowest BCUT2D eigenvalue weighted by Gasteiger charge is -2.38. The highest BCUT2D eigenvalue weighted by Crippen LogP contribution is 2.22. The molecule has 0 aliphatic carbocycles. The standard InChI is InChI=1S/C21H31N3O4.C2H2O4/c1-3-28-21(26)24-14-12-23(13-15-24)20(25)18-8-10-22(11-9-18)16-17-4-6-19(27-2)7-5-17;3-1(4)2(5)6/h4-7,18H,3,8-16H2,1-2H3;(H,3,4)(H,5,6). The summed E-state index contributed by atoms with van der Waals surface area (Å²) in [7, 11) is 1.67. The lowest BCUT2D eigenvalue weighted by molar-refractivity contribution is -0.159. The average molecular weight is 480 g/mol. The van der Waals surface area contributed by atoms with Gasteiger partial charge in [-0.3, -0.25) is 9.69 Å². The minimum absolute atomic E-state index is 0.0984. The first-order valence-electron chi connectivity index (χ1n) is 11.3. The maximum absolute atomic E-state index is 12.8. The maximum atomic E-state index is 12.8. The molecule has 0 atom stereocenters. The van der Waals surface area contributed by atoms with Gasteiger partial charge < -0.3 is 29.5 Å². The normalized spacial score (nSPS) is 16.8. The van der Waals surface area contributed by atoms with E-state index in [2.05, 4.69) is 17.0 Å². The number of nitrogens with zero attached hydrogens (tertiary/aromatic N) is 3. The van der Waals surface area contributed by atoms with Crippen molar-refractivity contribution in [3.8, 4) is 5.75 Å². The summed E-state index contributed by atoms with van der Waals surface area (Å²) in [5, 5.41) is 14.8. The van der Waals surface area contributed by atoms with E-state index < -0.39 is 11.9 Å². The van der Waals surface area contributed by atoms with E-state index in [0.717, 1.165) is 38.2 Å². The van der Waals surface area contributed by atoms with Gasteiger partial charge in [-0.05, 0) is 50.6 Å². The van der Waals surface area contributed by atoms with Gasteiger partial charge in [-0.2, -0.15) is 0 Å². The Balaban J connectivity index is 0.000000604. The fourth-order valence-electron chi connectivity index (χ4n) is 3.91. The number of aliphatic carboxylic acids is 2. The Kier molecular flexibility index (Phi) is 10.6. The van der Waals surface area contributed by atoms with Gasteiger partial charge in [0.05, 0.1) is 13.7 Å². The number of piperazine rings is 1. The molecule has 0 radical (unpaired) electrons. The number of carbonyl (C=O) groups excluding carboxylic acids is 2. The number of ether oxygens (including phenoxy) is 2. The molecule has 11 nitrogen and oxygen atoms in total. The lowest BCUT2D eigenvalue weighted by Crippen LogP contribution is -2.53. The van der Waals surface area contributed by atoms with Gasteiger partial charge >= 0.3 is 18.0 Å². The third-order valence-corrected chi connectivity index (χ3v) is 5.80. The molecule has 2 fully saturated rings. The van der Waals surface area contributed by atoms with Crippen LogP contribution in [0.4, 0.5) is 4.79 Å². The van der Waals surface area contributed by atoms with Crippen LogP contribution >= 0.6 is 0 Å². The summed E-state index contributed by atoms with van der Waals surface area (Å²) in [5.41, 5.74) is 1.26. The number of rotatable bonds is 5. The van der Waals surface area contributed by atoms with Crippen molar-refractivity contribution >= 4 is 23.9 Å². The Morgan fingerprint density at radius 1 is 0.882 bits per heavy atom. The summed E-state index contributed by atoms with van der Waals surface area (Å²) >= 11 is 0. The molecule has 0 spiro atoms. The molecule has 11 heteroatoms. The first-order valence-corrected chi connectivity index (χ1v) is 11.3. The third-order valence-electron chi connectivity index (χ3n) is 5.80. The van der Waals surface area contributed by atoms with Crippen LogP contribution in [0.3, 0.4) is 0 Å². The molecule has 2 saturated heterocycles. The molecule has 1 aromatic carbocycles. The van der Waals surface area contributed by atoms with Gasteiger partial charge in [-0.1, -0.05) is 12.1 Å². The van der Waals surface area contributed by atoms with Crippen LogP contribution in [0.15, 0.2) is 24.3 Å². The van der Waals surface area contributed by atoms with Gasteiger partial charge in [-0.25, -0.2) is 14.4 Å². The van der Waals surface area contributed by atoms with Gasteiger partial charge in [0.1, 0.15) is 5.75 Å². The van der Waals surface area contributed by atoms with E-state index in [4.69, 9.17) is 29.3 Å². The van der Waals surface area contributed by atoms with E-state index in [-0.39, 0.29) is 17.9 Å². The highest BCUT2D eigenvalue weighted by molar-refractivity contribution is 6.27. The van der Waals surface area contributed by atoms with Crippen molar-refractivity contribution in [1.29, 1.82) is 0 Å². The van der Waals surface area contributed by atoms with E-state index in [1.807, 2.05) is 17.0 Å². The number of carbonyl (C=O) groups is 4. The molecular formula is C23H33N3O8. The zero-order valence-electron chi connectivity index (χ0n) is 19.6. The summed E-state index contributed by atoms with van der Waals surface area (Å²) < 4.78 is 10.2. The van der Waals surface area contributed by atoms with Crippen LogP contribution in [0.1, 0.15) is 25.3 Å². The number of piperidine rings is 1. The highest BCUT2D eigenvalue weighted by Gasteiger charge is 2.31. The number of benzene rings is 1. The number of amides is 2. The van der Waals surface area contributed by atoms with Crippen LogP contribution in [-0.2, 0) is 25.7 Å². The van der Waals surface area contributed by atoms with Gasteiger partial charge in [0, 0.05) is 38.6 Å². The molecule has 0 bridgehead atoms. The Bertz CT molecular complexity index is 817. The van der Waals surface area contributed by atoms with Crippen molar-refractivity contribution < 1.29 is 38.9 Å². The predicted molar refractivity (Wildman–Crippen MR) is 121 cm³/mol. The molecule has 188 valence electrons. The average Bonchev–Trinajstić information content (AvgIpc) is 2.85. The second-order valence-corrected chi connectivity index (χ2v) is 8.02. The van der Waals surface area contributed by atoms with Crippen molar-refractivity contribution in [2.45, 2.75) is 26.3 Å². The zero-order chi connectivity index (χ0) is 25.1. The minimum Gasteiger partial charge on any atom is -0.497 e. The van der Waals surface area contributed by atoms with Crippen LogP contribution in [0.25, 0.3) is 0 Å². The molecule has 2 N–H and O–H groups in total. The molecule has 2 heterocycles. The zero-order valence-corrected chi connectivity index (χ0v) is 19.6. The third kappa shape index (κ3) is 8.22. The van der Waals surface area contributed by atoms with Crippen molar-refractivity contribution in [2.75, 3.05) is 53.0 Å². The van der Waals surface area contributed by atoms with Crippen LogP contribution in [-0.4, -0.2) is 102 Å². The predicted octanol–water partition coefficient (Wildman–Crippen LogP) is 1.36. The Morgan fingerprint density at radius 3 is 1.88 bits per heavy atom. The molecule has 2 aliphatic rings. The van der Waals surface area contributed by atoms with Gasteiger partial charge in [0.2, 0.25) is 5.91 Å². The first-order chi connectivity index (χ1) is 16.2. The number of carboxylic acid groups (broad SMARTS) is 2. The molecule has 2 amide bonds. The first kappa shape index (κ1) is 26.9. The number of hydrogen-bond donors (Lipinski definition) is 2. The Morgan fingerprint density at radius 2 is 1.41 bits per heavy atom. The number of hydrogen-bond acceptors (Lipinski definition) is 7. The van der Waals surface area contributed by atoms with E-state index in [0.29, 0.717) is 32.8 Å². The van der Waals surface area contributed by atoms with Gasteiger partial charge in [-0.15, -0.1) is 0 Å². The molecular weight excluding hydrogens is 446 g/mol. The maximum Gasteiger partial charge on any atom is 0.414 e. The summed E-state index contributed by atoms with van der Waals surface area (Å²) in [5.74, 6) is -2.44. The monoisotopic (exact) mass is 479 g/mol. The molecule has 2 aliphatic heterocycles. The van der Waals surface area contributed by atoms with Crippen LogP contribution in [0.2, 0.25) is 0 Å².